The van der Waals surface area contributed by atoms with Crippen molar-refractivity contribution in [2.75, 3.05) is 13.2 Å². The van der Waals surface area contributed by atoms with Gasteiger partial charge in [-0.3, -0.25) is 0 Å². The second-order valence-corrected chi connectivity index (χ2v) is 9.04. The second-order valence-electron chi connectivity index (χ2n) is 9.04. The van der Waals surface area contributed by atoms with E-state index >= 15 is 0 Å². The molecule has 0 amide bonds. The van der Waals surface area contributed by atoms with Gasteiger partial charge in [-0.1, -0.05) is 55.7 Å². The molecule has 0 spiro atoms. The Morgan fingerprint density at radius 3 is 1.62 bits per heavy atom. The molecule has 0 saturated carbocycles. The van der Waals surface area contributed by atoms with Gasteiger partial charge in [-0.05, 0) is 65.9 Å². The monoisotopic (exact) mass is 533 g/mol. The van der Waals surface area contributed by atoms with E-state index in [1.165, 1.54) is 12.1 Å². The molecule has 0 radical (unpaired) electrons. The molecule has 0 saturated heterocycles. The Kier molecular flexibility index (Phi) is 9.58. The first-order chi connectivity index (χ1) is 18.9. The minimum absolute atomic E-state index is 0.0365. The molecule has 0 aliphatic carbocycles. The van der Waals surface area contributed by atoms with Crippen LogP contribution in [0.2, 0.25) is 0 Å². The van der Waals surface area contributed by atoms with Gasteiger partial charge in [0.25, 0.3) is 0 Å². The van der Waals surface area contributed by atoms with Crippen molar-refractivity contribution in [1.29, 1.82) is 0 Å². The second kappa shape index (κ2) is 13.5. The summed E-state index contributed by atoms with van der Waals surface area (Å²) in [4.78, 5) is 3.41. The first-order valence-corrected chi connectivity index (χ1v) is 12.7. The summed E-state index contributed by atoms with van der Waals surface area (Å²) < 4.78 is 66.0. The largest absolute Gasteiger partial charge is 0.494 e. The average molecular weight is 534 g/mol. The van der Waals surface area contributed by atoms with Gasteiger partial charge >= 0.3 is 0 Å². The molecule has 200 valence electrons. The zero-order valence-electron chi connectivity index (χ0n) is 21.2. The zero-order chi connectivity index (χ0) is 27.6. The van der Waals surface area contributed by atoms with Crippen molar-refractivity contribution >= 4 is 5.69 Å². The first kappa shape index (κ1) is 27.7. The third kappa shape index (κ3) is 7.61. The molecule has 39 heavy (non-hydrogen) atoms. The van der Waals surface area contributed by atoms with E-state index in [4.69, 9.17) is 16.0 Å². The Morgan fingerprint density at radius 1 is 0.538 bits per heavy atom. The van der Waals surface area contributed by atoms with E-state index in [1.54, 1.807) is 12.1 Å². The van der Waals surface area contributed by atoms with Crippen molar-refractivity contribution in [3.63, 3.8) is 0 Å². The third-order valence-electron chi connectivity index (χ3n) is 6.25. The number of ether oxygens (including phenoxy) is 2. The van der Waals surface area contributed by atoms with E-state index < -0.39 is 23.3 Å². The lowest BCUT2D eigenvalue weighted by Crippen LogP contribution is -2.00. The molecule has 0 aliphatic rings. The smallest absolute Gasteiger partial charge is 0.194 e. The molecule has 0 aliphatic heterocycles. The van der Waals surface area contributed by atoms with Crippen molar-refractivity contribution in [2.45, 2.75) is 32.1 Å². The van der Waals surface area contributed by atoms with Crippen LogP contribution in [0.1, 0.15) is 32.1 Å². The summed E-state index contributed by atoms with van der Waals surface area (Å²) in [7, 11) is 0. The van der Waals surface area contributed by atoms with Crippen LogP contribution in [0.25, 0.3) is 27.1 Å². The van der Waals surface area contributed by atoms with Crippen molar-refractivity contribution < 1.29 is 27.0 Å². The number of unbranched alkanes of at least 4 members (excludes halogenated alkanes) is 4. The maximum atomic E-state index is 14.5. The number of rotatable bonds is 12. The topological polar surface area (TPSA) is 22.8 Å². The van der Waals surface area contributed by atoms with Gasteiger partial charge in [0.2, 0.25) is 0 Å². The molecule has 4 rings (SSSR count). The van der Waals surface area contributed by atoms with Crippen molar-refractivity contribution in [3.8, 4) is 33.8 Å². The van der Waals surface area contributed by atoms with E-state index in [0.717, 1.165) is 67.2 Å². The van der Waals surface area contributed by atoms with Gasteiger partial charge in [0.05, 0.1) is 19.8 Å². The fourth-order valence-corrected chi connectivity index (χ4v) is 4.12. The van der Waals surface area contributed by atoms with Gasteiger partial charge in [-0.15, -0.1) is 0 Å². The highest BCUT2D eigenvalue weighted by molar-refractivity contribution is 5.67. The molecular weight excluding hydrogens is 506 g/mol. The maximum absolute atomic E-state index is 14.5. The fraction of sp³-hybridized carbons (Fsp3) is 0.219. The Morgan fingerprint density at radius 2 is 1.05 bits per heavy atom. The summed E-state index contributed by atoms with van der Waals surface area (Å²) in [6.07, 6.45) is 4.71. The Balaban J connectivity index is 1.10. The quantitative estimate of drug-likeness (QED) is 0.0783. The molecule has 0 N–H and O–H groups in total. The predicted molar refractivity (Wildman–Crippen MR) is 144 cm³/mol. The van der Waals surface area contributed by atoms with Gasteiger partial charge in [0, 0.05) is 11.6 Å². The molecule has 3 nitrogen and oxygen atoms in total. The summed E-state index contributed by atoms with van der Waals surface area (Å²) in [5.74, 6) is -3.89. The minimum Gasteiger partial charge on any atom is -0.494 e. The van der Waals surface area contributed by atoms with Gasteiger partial charge < -0.3 is 9.47 Å². The van der Waals surface area contributed by atoms with Crippen molar-refractivity contribution in [2.24, 2.45) is 0 Å². The van der Waals surface area contributed by atoms with Crippen molar-refractivity contribution in [3.05, 3.63) is 114 Å². The molecule has 7 heteroatoms. The normalized spacial score (nSPS) is 10.7. The molecule has 0 atom stereocenters. The molecule has 0 fully saturated rings. The minimum atomic E-state index is -1.58. The van der Waals surface area contributed by atoms with Gasteiger partial charge in [-0.25, -0.2) is 22.4 Å². The molecule has 4 aromatic rings. The third-order valence-corrected chi connectivity index (χ3v) is 6.25. The van der Waals surface area contributed by atoms with E-state index in [2.05, 4.69) is 4.85 Å². The Bertz CT molecular complexity index is 1410. The number of nitrogens with zero attached hydrogens (tertiary/aromatic N) is 1. The Hall–Kier alpha value is -4.31. The standard InChI is InChI=1S/C32H27F4NO2/c1-37-25-11-7-22(8-12-25)23-9-13-26(14-10-23)38-17-5-3-2-4-6-18-39-27-15-16-28(29(33)21-27)24-19-30(34)32(36)31(35)20-24/h7-16,19-21H,2-6,17-18H2. The summed E-state index contributed by atoms with van der Waals surface area (Å²) >= 11 is 0. The van der Waals surface area contributed by atoms with Gasteiger partial charge in [0.15, 0.2) is 23.1 Å². The highest BCUT2D eigenvalue weighted by atomic mass is 19.2. The van der Waals surface area contributed by atoms with Crippen molar-refractivity contribution in [1.82, 2.24) is 0 Å². The summed E-state index contributed by atoms with van der Waals surface area (Å²) in [5.41, 5.74) is 2.62. The van der Waals surface area contributed by atoms with E-state index in [-0.39, 0.29) is 11.1 Å². The number of hydrogen-bond donors (Lipinski definition) is 0. The van der Waals surface area contributed by atoms with E-state index in [9.17, 15) is 17.6 Å². The van der Waals surface area contributed by atoms with Crippen LogP contribution in [0, 0.1) is 29.8 Å². The van der Waals surface area contributed by atoms with Crippen LogP contribution in [0.4, 0.5) is 23.2 Å². The molecule has 0 aromatic heterocycles. The van der Waals surface area contributed by atoms with Crippen LogP contribution < -0.4 is 9.47 Å². The lowest BCUT2D eigenvalue weighted by Gasteiger charge is -2.10. The van der Waals surface area contributed by atoms with Crippen LogP contribution in [0.15, 0.2) is 78.9 Å². The van der Waals surface area contributed by atoms with Crippen LogP contribution in [0.3, 0.4) is 0 Å². The lowest BCUT2D eigenvalue weighted by molar-refractivity contribution is 0.293. The summed E-state index contributed by atoms with van der Waals surface area (Å²) in [5, 5.41) is 0. The zero-order valence-corrected chi connectivity index (χ0v) is 21.2. The Labute approximate surface area is 225 Å². The number of halogens is 4. The molecule has 4 aromatic carbocycles. The highest BCUT2D eigenvalue weighted by Crippen LogP contribution is 2.29. The van der Waals surface area contributed by atoms with Crippen LogP contribution in [0.5, 0.6) is 11.5 Å². The van der Waals surface area contributed by atoms with Gasteiger partial charge in [0.1, 0.15) is 17.3 Å². The maximum Gasteiger partial charge on any atom is 0.194 e. The number of hydrogen-bond acceptors (Lipinski definition) is 2. The van der Waals surface area contributed by atoms with Crippen LogP contribution in [-0.2, 0) is 0 Å². The lowest BCUT2D eigenvalue weighted by atomic mass is 10.0. The highest BCUT2D eigenvalue weighted by Gasteiger charge is 2.14. The first-order valence-electron chi connectivity index (χ1n) is 12.7. The summed E-state index contributed by atoms with van der Waals surface area (Å²) in [6.45, 7) is 8.08. The fourth-order valence-electron chi connectivity index (χ4n) is 4.12. The van der Waals surface area contributed by atoms with Crippen LogP contribution in [-0.4, -0.2) is 13.2 Å². The average Bonchev–Trinajstić information content (AvgIpc) is 2.95. The summed E-state index contributed by atoms with van der Waals surface area (Å²) in [6, 6.07) is 20.9. The predicted octanol–water partition coefficient (Wildman–Crippen LogP) is 9.54. The number of benzene rings is 4. The van der Waals surface area contributed by atoms with E-state index in [0.29, 0.717) is 24.7 Å². The molecular formula is C32H27F4NO2. The molecule has 0 bridgehead atoms. The SMILES string of the molecule is [C-]#[N+]c1ccc(-c2ccc(OCCCCCCCOc3ccc(-c4cc(F)c(F)c(F)c4)c(F)c3)cc2)cc1. The van der Waals surface area contributed by atoms with Gasteiger partial charge in [-0.2, -0.15) is 0 Å². The molecule has 0 unspecified atom stereocenters. The molecule has 0 heterocycles. The van der Waals surface area contributed by atoms with E-state index in [1.807, 2.05) is 36.4 Å². The van der Waals surface area contributed by atoms with Crippen LogP contribution >= 0.6 is 0 Å².